The summed E-state index contributed by atoms with van der Waals surface area (Å²) in [6, 6.07) is 0. The summed E-state index contributed by atoms with van der Waals surface area (Å²) in [5.41, 5.74) is 1.68. The second kappa shape index (κ2) is 2.91. The smallest absolute Gasteiger partial charge is 0.0314 e. The Balaban J connectivity index is 3.15. The lowest BCUT2D eigenvalue weighted by Gasteiger charge is -2.17. The van der Waals surface area contributed by atoms with Gasteiger partial charge in [0.25, 0.3) is 0 Å². The Morgan fingerprint density at radius 3 is 2.09 bits per heavy atom. The first-order valence-corrected chi connectivity index (χ1v) is 5.34. The van der Waals surface area contributed by atoms with E-state index in [1.807, 2.05) is 11.3 Å². The summed E-state index contributed by atoms with van der Waals surface area (Å²) in [6.07, 6.45) is 0. The summed E-state index contributed by atoms with van der Waals surface area (Å²) in [5.74, 6) is 0. The second-order valence-electron chi connectivity index (χ2n) is 3.79. The highest BCUT2D eigenvalue weighted by Gasteiger charge is 2.18. The molecule has 0 aromatic carbocycles. The summed E-state index contributed by atoms with van der Waals surface area (Å²) in [7, 11) is 0. The Morgan fingerprint density at radius 1 is 1.36 bits per heavy atom. The highest BCUT2D eigenvalue weighted by Crippen LogP contribution is 2.35. The standard InChI is InChI=1S/C9H13BrS/c1-6-7(10)5-11-8(6)9(2,3)4/h5H,1-4H3. The highest BCUT2D eigenvalue weighted by atomic mass is 79.9. The summed E-state index contributed by atoms with van der Waals surface area (Å²) in [5, 5.41) is 2.16. The van der Waals surface area contributed by atoms with E-state index in [0.29, 0.717) is 5.41 Å². The molecule has 1 aromatic heterocycles. The van der Waals surface area contributed by atoms with Gasteiger partial charge in [-0.1, -0.05) is 20.8 Å². The van der Waals surface area contributed by atoms with E-state index in [1.165, 1.54) is 14.9 Å². The summed E-state index contributed by atoms with van der Waals surface area (Å²) >= 11 is 5.36. The molecule has 0 amide bonds. The van der Waals surface area contributed by atoms with Crippen LogP contribution in [-0.2, 0) is 5.41 Å². The van der Waals surface area contributed by atoms with Crippen molar-refractivity contribution in [1.82, 2.24) is 0 Å². The molecule has 11 heavy (non-hydrogen) atoms. The number of thiophene rings is 1. The maximum absolute atomic E-state index is 3.52. The maximum atomic E-state index is 3.52. The Morgan fingerprint density at radius 2 is 1.91 bits per heavy atom. The van der Waals surface area contributed by atoms with Crippen LogP contribution in [0.5, 0.6) is 0 Å². The van der Waals surface area contributed by atoms with Gasteiger partial charge in [0.2, 0.25) is 0 Å². The average Bonchev–Trinajstić information content (AvgIpc) is 2.11. The normalized spacial score (nSPS) is 12.1. The molecule has 2 heteroatoms. The van der Waals surface area contributed by atoms with Crippen molar-refractivity contribution in [3.63, 3.8) is 0 Å². The quantitative estimate of drug-likeness (QED) is 0.632. The van der Waals surface area contributed by atoms with E-state index in [1.54, 1.807) is 0 Å². The fraction of sp³-hybridized carbons (Fsp3) is 0.556. The van der Waals surface area contributed by atoms with E-state index < -0.39 is 0 Å². The minimum absolute atomic E-state index is 0.292. The Labute approximate surface area is 80.8 Å². The molecule has 0 saturated carbocycles. The van der Waals surface area contributed by atoms with Crippen molar-refractivity contribution < 1.29 is 0 Å². The maximum Gasteiger partial charge on any atom is 0.0314 e. The minimum Gasteiger partial charge on any atom is -0.147 e. The van der Waals surface area contributed by atoms with Crippen LogP contribution in [0.25, 0.3) is 0 Å². The van der Waals surface area contributed by atoms with Gasteiger partial charge in [0.1, 0.15) is 0 Å². The van der Waals surface area contributed by atoms with Crippen molar-refractivity contribution in [3.8, 4) is 0 Å². The molecule has 0 N–H and O–H groups in total. The zero-order valence-electron chi connectivity index (χ0n) is 7.36. The van der Waals surface area contributed by atoms with Crippen LogP contribution in [0.3, 0.4) is 0 Å². The van der Waals surface area contributed by atoms with Gasteiger partial charge in [-0.2, -0.15) is 0 Å². The van der Waals surface area contributed by atoms with Crippen LogP contribution >= 0.6 is 27.3 Å². The van der Waals surface area contributed by atoms with Crippen molar-refractivity contribution in [2.45, 2.75) is 33.1 Å². The van der Waals surface area contributed by atoms with Crippen LogP contribution in [0, 0.1) is 6.92 Å². The summed E-state index contributed by atoms with van der Waals surface area (Å²) < 4.78 is 1.24. The zero-order valence-corrected chi connectivity index (χ0v) is 9.77. The van der Waals surface area contributed by atoms with Crippen LogP contribution in [0.4, 0.5) is 0 Å². The van der Waals surface area contributed by atoms with E-state index in [2.05, 4.69) is 49.0 Å². The van der Waals surface area contributed by atoms with Crippen molar-refractivity contribution in [3.05, 3.63) is 20.3 Å². The largest absolute Gasteiger partial charge is 0.147 e. The molecule has 0 aliphatic carbocycles. The van der Waals surface area contributed by atoms with Gasteiger partial charge in [-0.3, -0.25) is 0 Å². The minimum atomic E-state index is 0.292. The van der Waals surface area contributed by atoms with Gasteiger partial charge in [0, 0.05) is 14.7 Å². The van der Waals surface area contributed by atoms with E-state index in [9.17, 15) is 0 Å². The topological polar surface area (TPSA) is 0 Å². The molecule has 1 aromatic rings. The van der Waals surface area contributed by atoms with Gasteiger partial charge in [0.15, 0.2) is 0 Å². The molecule has 0 nitrogen and oxygen atoms in total. The molecule has 0 saturated heterocycles. The SMILES string of the molecule is Cc1c(Br)csc1C(C)(C)C. The molecular weight excluding hydrogens is 220 g/mol. The zero-order chi connectivity index (χ0) is 8.65. The summed E-state index contributed by atoms with van der Waals surface area (Å²) in [4.78, 5) is 1.48. The Hall–Kier alpha value is 0.180. The first kappa shape index (κ1) is 9.27. The molecule has 1 heterocycles. The van der Waals surface area contributed by atoms with Gasteiger partial charge in [-0.05, 0) is 33.8 Å². The number of hydrogen-bond acceptors (Lipinski definition) is 1. The average molecular weight is 233 g/mol. The third kappa shape index (κ3) is 1.85. The Kier molecular flexibility index (Phi) is 2.45. The predicted molar refractivity (Wildman–Crippen MR) is 55.5 cm³/mol. The van der Waals surface area contributed by atoms with Gasteiger partial charge >= 0.3 is 0 Å². The molecule has 0 radical (unpaired) electrons. The molecule has 0 aliphatic heterocycles. The van der Waals surface area contributed by atoms with Crippen LogP contribution < -0.4 is 0 Å². The molecule has 62 valence electrons. The predicted octanol–water partition coefficient (Wildman–Crippen LogP) is 4.12. The van der Waals surface area contributed by atoms with E-state index in [4.69, 9.17) is 0 Å². The number of rotatable bonds is 0. The van der Waals surface area contributed by atoms with Gasteiger partial charge in [-0.25, -0.2) is 0 Å². The molecule has 0 fully saturated rings. The Bertz CT molecular complexity index is 255. The molecule has 0 aliphatic rings. The lowest BCUT2D eigenvalue weighted by atomic mass is 9.92. The van der Waals surface area contributed by atoms with Crippen LogP contribution in [0.2, 0.25) is 0 Å². The van der Waals surface area contributed by atoms with Crippen molar-refractivity contribution in [2.24, 2.45) is 0 Å². The highest BCUT2D eigenvalue weighted by molar-refractivity contribution is 9.10. The second-order valence-corrected chi connectivity index (χ2v) is 5.52. The van der Waals surface area contributed by atoms with Gasteiger partial charge in [-0.15, -0.1) is 11.3 Å². The molecule has 0 unspecified atom stereocenters. The van der Waals surface area contributed by atoms with Gasteiger partial charge < -0.3 is 0 Å². The third-order valence-corrected chi connectivity index (χ3v) is 4.29. The molecule has 0 atom stereocenters. The monoisotopic (exact) mass is 232 g/mol. The lowest BCUT2D eigenvalue weighted by Crippen LogP contribution is -2.09. The third-order valence-electron chi connectivity index (χ3n) is 1.66. The van der Waals surface area contributed by atoms with Gasteiger partial charge in [0.05, 0.1) is 0 Å². The van der Waals surface area contributed by atoms with Crippen molar-refractivity contribution in [2.75, 3.05) is 0 Å². The first-order chi connectivity index (χ1) is 4.93. The summed E-state index contributed by atoms with van der Waals surface area (Å²) in [6.45, 7) is 8.91. The lowest BCUT2D eigenvalue weighted by molar-refractivity contribution is 0.600. The molecular formula is C9H13BrS. The fourth-order valence-electron chi connectivity index (χ4n) is 1.14. The van der Waals surface area contributed by atoms with Crippen molar-refractivity contribution in [1.29, 1.82) is 0 Å². The van der Waals surface area contributed by atoms with Crippen LogP contribution in [0.1, 0.15) is 31.2 Å². The fourth-order valence-corrected chi connectivity index (χ4v) is 2.78. The molecule has 0 spiro atoms. The van der Waals surface area contributed by atoms with Crippen LogP contribution in [0.15, 0.2) is 9.85 Å². The molecule has 1 rings (SSSR count). The van der Waals surface area contributed by atoms with Crippen LogP contribution in [-0.4, -0.2) is 0 Å². The van der Waals surface area contributed by atoms with E-state index in [-0.39, 0.29) is 0 Å². The van der Waals surface area contributed by atoms with Crippen molar-refractivity contribution >= 4 is 27.3 Å². The number of halogens is 1. The van der Waals surface area contributed by atoms with E-state index >= 15 is 0 Å². The molecule has 0 bridgehead atoms. The van der Waals surface area contributed by atoms with E-state index in [0.717, 1.165) is 0 Å². The first-order valence-electron chi connectivity index (χ1n) is 3.67. The number of hydrogen-bond donors (Lipinski definition) is 0.